The topological polar surface area (TPSA) is 52.3 Å². The number of halogens is 2. The zero-order chi connectivity index (χ0) is 11.6. The van der Waals surface area contributed by atoms with Gasteiger partial charge in [0.2, 0.25) is 0 Å². The molecule has 0 amide bonds. The van der Waals surface area contributed by atoms with Crippen molar-refractivity contribution in [1.29, 1.82) is 0 Å². The number of ether oxygens (including phenoxy) is 1. The van der Waals surface area contributed by atoms with Crippen molar-refractivity contribution in [3.8, 4) is 5.75 Å². The van der Waals surface area contributed by atoms with Gasteiger partial charge in [0.05, 0.1) is 10.0 Å². The molecule has 0 bridgehead atoms. The fraction of sp³-hybridized carbons (Fsp3) is 0.300. The molecule has 0 heterocycles. The zero-order valence-electron chi connectivity index (χ0n) is 8.38. The molecule has 1 aromatic carbocycles. The van der Waals surface area contributed by atoms with Gasteiger partial charge in [-0.05, 0) is 26.0 Å². The van der Waals surface area contributed by atoms with Crippen LogP contribution in [0.2, 0.25) is 10.0 Å². The molecule has 0 radical (unpaired) electrons. The van der Waals surface area contributed by atoms with E-state index < -0.39 is 11.5 Å². The number of esters is 1. The maximum Gasteiger partial charge on any atom is 0.330 e. The Morgan fingerprint density at radius 3 is 2.40 bits per heavy atom. The molecule has 0 fully saturated rings. The van der Waals surface area contributed by atoms with Crippen LogP contribution in [-0.4, -0.2) is 11.5 Å². The van der Waals surface area contributed by atoms with Crippen molar-refractivity contribution in [2.75, 3.05) is 0 Å². The molecule has 5 heteroatoms. The van der Waals surface area contributed by atoms with Gasteiger partial charge in [0.25, 0.3) is 0 Å². The van der Waals surface area contributed by atoms with E-state index in [1.807, 2.05) is 0 Å². The molecule has 15 heavy (non-hydrogen) atoms. The smallest absolute Gasteiger partial charge is 0.330 e. The second-order valence-electron chi connectivity index (χ2n) is 3.69. The molecule has 82 valence electrons. The number of hydrogen-bond donors (Lipinski definition) is 1. The minimum Gasteiger partial charge on any atom is -0.425 e. The lowest BCUT2D eigenvalue weighted by atomic mass is 10.1. The molecule has 1 rings (SSSR count). The molecule has 0 aliphatic heterocycles. The third-order valence-electron chi connectivity index (χ3n) is 1.63. The number of carbonyl (C=O) groups is 1. The summed E-state index contributed by atoms with van der Waals surface area (Å²) in [6, 6.07) is 4.57. The molecule has 1 aromatic rings. The number of hydrogen-bond acceptors (Lipinski definition) is 3. The van der Waals surface area contributed by atoms with Crippen LogP contribution in [0.3, 0.4) is 0 Å². The minimum atomic E-state index is -1.04. The summed E-state index contributed by atoms with van der Waals surface area (Å²) in [4.78, 5) is 11.4. The van der Waals surface area contributed by atoms with Crippen molar-refractivity contribution >= 4 is 29.2 Å². The highest BCUT2D eigenvalue weighted by atomic mass is 35.5. The number of benzene rings is 1. The first-order chi connectivity index (χ1) is 6.80. The third-order valence-corrected chi connectivity index (χ3v) is 2.37. The molecule has 0 atom stereocenters. The van der Waals surface area contributed by atoms with Crippen molar-refractivity contribution in [1.82, 2.24) is 0 Å². The van der Waals surface area contributed by atoms with Crippen LogP contribution in [0.15, 0.2) is 18.2 Å². The monoisotopic (exact) mass is 247 g/mol. The minimum absolute atomic E-state index is 0.327. The van der Waals surface area contributed by atoms with E-state index in [1.54, 1.807) is 26.0 Å². The van der Waals surface area contributed by atoms with Gasteiger partial charge in [0, 0.05) is 6.07 Å². The lowest BCUT2D eigenvalue weighted by Crippen LogP contribution is -2.44. The van der Waals surface area contributed by atoms with Gasteiger partial charge in [-0.3, -0.25) is 0 Å². The highest BCUT2D eigenvalue weighted by Crippen LogP contribution is 2.26. The number of carbonyl (C=O) groups excluding carboxylic acids is 1. The molecule has 3 nitrogen and oxygen atoms in total. The average Bonchev–Trinajstić information content (AvgIpc) is 2.10. The fourth-order valence-electron chi connectivity index (χ4n) is 0.779. The van der Waals surface area contributed by atoms with Crippen LogP contribution in [0.1, 0.15) is 13.8 Å². The molecule has 0 aliphatic rings. The molecule has 0 saturated carbocycles. The van der Waals surface area contributed by atoms with Crippen molar-refractivity contribution in [3.63, 3.8) is 0 Å². The maximum atomic E-state index is 11.4. The quantitative estimate of drug-likeness (QED) is 0.646. The summed E-state index contributed by atoms with van der Waals surface area (Å²) in [5.74, 6) is -0.200. The van der Waals surface area contributed by atoms with Crippen molar-refractivity contribution in [2.45, 2.75) is 19.4 Å². The summed E-state index contributed by atoms with van der Waals surface area (Å²) < 4.78 is 5.01. The van der Waals surface area contributed by atoms with Gasteiger partial charge >= 0.3 is 5.97 Å². The largest absolute Gasteiger partial charge is 0.425 e. The van der Waals surface area contributed by atoms with E-state index in [4.69, 9.17) is 33.7 Å². The SMILES string of the molecule is CC(C)(N)C(=O)Oc1ccc(Cl)c(Cl)c1. The van der Waals surface area contributed by atoms with Gasteiger partial charge in [0.15, 0.2) is 0 Å². The van der Waals surface area contributed by atoms with Crippen molar-refractivity contribution < 1.29 is 9.53 Å². The van der Waals surface area contributed by atoms with Crippen LogP contribution in [0, 0.1) is 0 Å². The molecule has 0 aromatic heterocycles. The summed E-state index contributed by atoms with van der Waals surface area (Å²) in [5, 5.41) is 0.736. The predicted molar refractivity (Wildman–Crippen MR) is 60.4 cm³/mol. The van der Waals surface area contributed by atoms with Crippen molar-refractivity contribution in [2.24, 2.45) is 5.73 Å². The molecule has 0 saturated heterocycles. The Morgan fingerprint density at radius 2 is 1.93 bits per heavy atom. The Bertz CT molecular complexity index is 385. The summed E-state index contributed by atoms with van der Waals surface area (Å²) >= 11 is 11.5. The van der Waals surface area contributed by atoms with E-state index in [0.717, 1.165) is 0 Å². The third kappa shape index (κ3) is 3.38. The summed E-state index contributed by atoms with van der Waals surface area (Å²) in [5.41, 5.74) is 4.53. The first-order valence-electron chi connectivity index (χ1n) is 4.27. The fourth-order valence-corrected chi connectivity index (χ4v) is 1.07. The van der Waals surface area contributed by atoms with Crippen molar-refractivity contribution in [3.05, 3.63) is 28.2 Å². The number of nitrogens with two attached hydrogens (primary N) is 1. The van der Waals surface area contributed by atoms with Gasteiger partial charge in [-0.15, -0.1) is 0 Å². The average molecular weight is 248 g/mol. The van der Waals surface area contributed by atoms with E-state index in [-0.39, 0.29) is 0 Å². The summed E-state index contributed by atoms with van der Waals surface area (Å²) in [6.45, 7) is 3.12. The maximum absolute atomic E-state index is 11.4. The van der Waals surface area contributed by atoms with Gasteiger partial charge < -0.3 is 10.5 Å². The normalized spacial score (nSPS) is 11.3. The first-order valence-corrected chi connectivity index (χ1v) is 5.02. The lowest BCUT2D eigenvalue weighted by Gasteiger charge is -2.16. The molecular weight excluding hydrogens is 237 g/mol. The number of rotatable bonds is 2. The van der Waals surface area contributed by atoms with E-state index in [2.05, 4.69) is 0 Å². The second-order valence-corrected chi connectivity index (χ2v) is 4.50. The van der Waals surface area contributed by atoms with E-state index in [1.165, 1.54) is 6.07 Å². The van der Waals surface area contributed by atoms with Crippen LogP contribution >= 0.6 is 23.2 Å². The Kier molecular flexibility index (Phi) is 3.60. The molecule has 0 aliphatic carbocycles. The molecule has 0 spiro atoms. The summed E-state index contributed by atoms with van der Waals surface area (Å²) in [6.07, 6.45) is 0. The van der Waals surface area contributed by atoms with Crippen LogP contribution in [0.4, 0.5) is 0 Å². The highest BCUT2D eigenvalue weighted by molar-refractivity contribution is 6.42. The predicted octanol–water partition coefficient (Wildman–Crippen LogP) is 2.64. The van der Waals surface area contributed by atoms with Crippen LogP contribution in [0.5, 0.6) is 5.75 Å². The van der Waals surface area contributed by atoms with Gasteiger partial charge in [0.1, 0.15) is 11.3 Å². The zero-order valence-corrected chi connectivity index (χ0v) is 9.89. The second kappa shape index (κ2) is 4.39. The molecule has 2 N–H and O–H groups in total. The van der Waals surface area contributed by atoms with Gasteiger partial charge in [-0.1, -0.05) is 23.2 Å². The Balaban J connectivity index is 2.83. The van der Waals surface area contributed by atoms with E-state index in [0.29, 0.717) is 15.8 Å². The van der Waals surface area contributed by atoms with Crippen LogP contribution in [0.25, 0.3) is 0 Å². The standard InChI is InChI=1S/C10H11Cl2NO2/c1-10(2,13)9(14)15-6-3-4-7(11)8(12)5-6/h3-5H,13H2,1-2H3. The Hall–Kier alpha value is -0.770. The first kappa shape index (κ1) is 12.3. The summed E-state index contributed by atoms with van der Waals surface area (Å²) in [7, 11) is 0. The Morgan fingerprint density at radius 1 is 1.33 bits per heavy atom. The molecular formula is C10H11Cl2NO2. The van der Waals surface area contributed by atoms with Gasteiger partial charge in [-0.2, -0.15) is 0 Å². The van der Waals surface area contributed by atoms with Gasteiger partial charge in [-0.25, -0.2) is 4.79 Å². The van der Waals surface area contributed by atoms with Crippen LogP contribution < -0.4 is 10.5 Å². The molecule has 0 unspecified atom stereocenters. The van der Waals surface area contributed by atoms with Crippen LogP contribution in [-0.2, 0) is 4.79 Å². The Labute approximate surface area is 98.1 Å². The van der Waals surface area contributed by atoms with E-state index >= 15 is 0 Å². The highest BCUT2D eigenvalue weighted by Gasteiger charge is 2.24. The van der Waals surface area contributed by atoms with E-state index in [9.17, 15) is 4.79 Å². The lowest BCUT2D eigenvalue weighted by molar-refractivity contribution is -0.139.